The molecule has 1 aliphatic carbocycles. The summed E-state index contributed by atoms with van der Waals surface area (Å²) in [5.74, 6) is -0.221. The second-order valence-electron chi connectivity index (χ2n) is 9.29. The minimum atomic E-state index is -4.39. The molecule has 2 unspecified atom stereocenters. The van der Waals surface area contributed by atoms with E-state index in [4.69, 9.17) is 11.6 Å². The number of alkyl halides is 3. The van der Waals surface area contributed by atoms with Crippen molar-refractivity contribution in [1.82, 2.24) is 9.63 Å². The molecule has 3 aromatic rings. The Labute approximate surface area is 207 Å². The molecule has 1 heterocycles. The van der Waals surface area contributed by atoms with Crippen molar-refractivity contribution >= 4 is 22.5 Å². The highest BCUT2D eigenvalue weighted by atomic mass is 35.5. The van der Waals surface area contributed by atoms with Gasteiger partial charge in [-0.05, 0) is 93.0 Å². The van der Waals surface area contributed by atoms with Crippen LogP contribution in [0.5, 0.6) is 0 Å². The molecule has 1 aliphatic rings. The van der Waals surface area contributed by atoms with E-state index in [2.05, 4.69) is 18.7 Å². The van der Waals surface area contributed by atoms with Gasteiger partial charge >= 0.3 is 6.18 Å². The number of benzene rings is 2. The molecule has 2 atom stereocenters. The van der Waals surface area contributed by atoms with Crippen molar-refractivity contribution < 1.29 is 18.4 Å². The van der Waals surface area contributed by atoms with E-state index in [0.29, 0.717) is 40.0 Å². The van der Waals surface area contributed by atoms with Crippen molar-refractivity contribution in [2.75, 3.05) is 19.6 Å². The van der Waals surface area contributed by atoms with Crippen LogP contribution in [0.3, 0.4) is 0 Å². The fraction of sp³-hybridized carbons (Fsp3) is 0.444. The van der Waals surface area contributed by atoms with Crippen molar-refractivity contribution in [1.29, 1.82) is 0 Å². The van der Waals surface area contributed by atoms with Gasteiger partial charge in [-0.1, -0.05) is 37.6 Å². The van der Waals surface area contributed by atoms with Crippen LogP contribution in [0.4, 0.5) is 13.2 Å². The third kappa shape index (κ3) is 5.21. The van der Waals surface area contributed by atoms with Gasteiger partial charge in [-0.2, -0.15) is 17.9 Å². The monoisotopic (exact) mass is 506 g/mol. The molecule has 1 N–H and O–H groups in total. The average molecular weight is 507 g/mol. The molecule has 1 aromatic heterocycles. The molecular formula is C27H30ClF3N2O2. The van der Waals surface area contributed by atoms with Crippen molar-refractivity contribution in [3.63, 3.8) is 0 Å². The van der Waals surface area contributed by atoms with Crippen molar-refractivity contribution in [3.8, 4) is 0 Å². The zero-order valence-corrected chi connectivity index (χ0v) is 20.7. The predicted molar refractivity (Wildman–Crippen MR) is 133 cm³/mol. The fourth-order valence-corrected chi connectivity index (χ4v) is 5.54. The highest BCUT2D eigenvalue weighted by Gasteiger charge is 2.34. The summed E-state index contributed by atoms with van der Waals surface area (Å²) in [5.41, 5.74) is 1.49. The number of aromatic nitrogens is 1. The highest BCUT2D eigenvalue weighted by Crippen LogP contribution is 2.42. The van der Waals surface area contributed by atoms with E-state index in [9.17, 15) is 23.2 Å². The van der Waals surface area contributed by atoms with Gasteiger partial charge in [0.1, 0.15) is 0 Å². The van der Waals surface area contributed by atoms with E-state index in [0.717, 1.165) is 54.9 Å². The van der Waals surface area contributed by atoms with Crippen LogP contribution in [-0.2, 0) is 12.6 Å². The predicted octanol–water partition coefficient (Wildman–Crippen LogP) is 6.85. The summed E-state index contributed by atoms with van der Waals surface area (Å²) in [6.07, 6.45) is -1.75. The van der Waals surface area contributed by atoms with Gasteiger partial charge in [-0.25, -0.2) is 0 Å². The topological polar surface area (TPSA) is 45.5 Å². The molecule has 8 heteroatoms. The lowest BCUT2D eigenvalue weighted by atomic mass is 9.74. The molecular weight excluding hydrogens is 477 g/mol. The minimum Gasteiger partial charge on any atom is -0.428 e. The van der Waals surface area contributed by atoms with Gasteiger partial charge in [0.15, 0.2) is 5.43 Å². The number of rotatable bonds is 7. The van der Waals surface area contributed by atoms with Crippen LogP contribution in [0, 0.1) is 0 Å². The van der Waals surface area contributed by atoms with Crippen molar-refractivity contribution in [2.45, 2.75) is 57.5 Å². The molecule has 4 nitrogen and oxygen atoms in total. The Balaban J connectivity index is 1.75. The molecule has 0 amide bonds. The second kappa shape index (κ2) is 10.2. The molecule has 0 fully saturated rings. The van der Waals surface area contributed by atoms with Gasteiger partial charge in [-0.3, -0.25) is 4.79 Å². The van der Waals surface area contributed by atoms with E-state index in [1.807, 2.05) is 0 Å². The molecule has 0 bridgehead atoms. The molecule has 4 rings (SSSR count). The third-order valence-electron chi connectivity index (χ3n) is 7.29. The first kappa shape index (κ1) is 25.6. The Morgan fingerprint density at radius 2 is 1.80 bits per heavy atom. The molecule has 0 saturated heterocycles. The number of nitrogens with zero attached hydrogens (tertiary/aromatic N) is 2. The summed E-state index contributed by atoms with van der Waals surface area (Å²) in [6, 6.07) is 10.1. The Kier molecular flexibility index (Phi) is 7.48. The van der Waals surface area contributed by atoms with Crippen LogP contribution in [-0.4, -0.2) is 34.5 Å². The Bertz CT molecular complexity index is 1250. The minimum absolute atomic E-state index is 0.106. The Hall–Kier alpha value is -2.51. The SMILES string of the molecule is CCN(CC)CCCC1CC(c2ccc(C(F)(F)F)cc2)Cc2c1c(=O)c1cc(Cl)ccc1n2O. The van der Waals surface area contributed by atoms with E-state index >= 15 is 0 Å². The molecule has 35 heavy (non-hydrogen) atoms. The lowest BCUT2D eigenvalue weighted by Gasteiger charge is -2.33. The largest absolute Gasteiger partial charge is 0.428 e. The van der Waals surface area contributed by atoms with Crippen LogP contribution in [0.2, 0.25) is 5.02 Å². The summed E-state index contributed by atoms with van der Waals surface area (Å²) >= 11 is 6.15. The first-order chi connectivity index (χ1) is 16.6. The molecule has 0 radical (unpaired) electrons. The molecule has 0 saturated carbocycles. The van der Waals surface area contributed by atoms with Crippen molar-refractivity contribution in [2.24, 2.45) is 0 Å². The van der Waals surface area contributed by atoms with Crippen LogP contribution < -0.4 is 5.43 Å². The average Bonchev–Trinajstić information content (AvgIpc) is 2.84. The van der Waals surface area contributed by atoms with Crippen LogP contribution >= 0.6 is 11.6 Å². The third-order valence-corrected chi connectivity index (χ3v) is 7.53. The Morgan fingerprint density at radius 1 is 1.11 bits per heavy atom. The quantitative estimate of drug-likeness (QED) is 0.356. The number of pyridine rings is 1. The van der Waals surface area contributed by atoms with Gasteiger partial charge in [0.25, 0.3) is 0 Å². The first-order valence-corrected chi connectivity index (χ1v) is 12.5. The van der Waals surface area contributed by atoms with Gasteiger partial charge in [0, 0.05) is 10.6 Å². The molecule has 0 spiro atoms. The molecule has 2 aromatic carbocycles. The zero-order chi connectivity index (χ0) is 25.3. The summed E-state index contributed by atoms with van der Waals surface area (Å²) in [5, 5.41) is 11.9. The summed E-state index contributed by atoms with van der Waals surface area (Å²) in [6.45, 7) is 7.01. The normalized spacial score (nSPS) is 18.3. The first-order valence-electron chi connectivity index (χ1n) is 12.1. The molecule has 188 valence electrons. The standard InChI is InChI=1S/C27H30ClF3N2O2/c1-3-32(4-2)13-5-6-18-14-19(17-7-9-20(10-8-17)27(29,30)31)15-24-25(18)26(34)22-16-21(28)11-12-23(22)33(24)35/h7-12,16,18-19,35H,3-6,13-15H2,1-2H3. The fourth-order valence-electron chi connectivity index (χ4n) is 5.37. The second-order valence-corrected chi connectivity index (χ2v) is 9.72. The Morgan fingerprint density at radius 3 is 2.43 bits per heavy atom. The number of hydrogen-bond donors (Lipinski definition) is 1. The van der Waals surface area contributed by atoms with Gasteiger partial charge < -0.3 is 10.1 Å². The number of hydrogen-bond acceptors (Lipinski definition) is 3. The molecule has 0 aliphatic heterocycles. The van der Waals surface area contributed by atoms with Crippen molar-refractivity contribution in [3.05, 3.63) is 80.1 Å². The smallest absolute Gasteiger partial charge is 0.416 e. The van der Waals surface area contributed by atoms with Gasteiger partial charge in [-0.15, -0.1) is 0 Å². The number of halogens is 4. The lowest BCUT2D eigenvalue weighted by molar-refractivity contribution is -0.137. The van der Waals surface area contributed by atoms with Crippen LogP contribution in [0.15, 0.2) is 47.3 Å². The zero-order valence-electron chi connectivity index (χ0n) is 19.9. The van der Waals surface area contributed by atoms with E-state index in [1.165, 1.54) is 12.1 Å². The maximum atomic E-state index is 13.6. The van der Waals surface area contributed by atoms with Gasteiger partial charge in [0.2, 0.25) is 0 Å². The number of fused-ring (bicyclic) bond motifs is 2. The maximum absolute atomic E-state index is 13.6. The highest BCUT2D eigenvalue weighted by molar-refractivity contribution is 6.31. The van der Waals surface area contributed by atoms with E-state index in [1.54, 1.807) is 18.2 Å². The van der Waals surface area contributed by atoms with E-state index in [-0.39, 0.29) is 17.3 Å². The van der Waals surface area contributed by atoms with Crippen LogP contribution in [0.25, 0.3) is 10.9 Å². The maximum Gasteiger partial charge on any atom is 0.416 e. The lowest BCUT2D eigenvalue weighted by Crippen LogP contribution is -2.30. The summed E-state index contributed by atoms with van der Waals surface area (Å²) in [4.78, 5) is 15.9. The summed E-state index contributed by atoms with van der Waals surface area (Å²) < 4.78 is 40.3. The van der Waals surface area contributed by atoms with Gasteiger partial charge in [0.05, 0.1) is 22.2 Å². The van der Waals surface area contributed by atoms with E-state index < -0.39 is 11.7 Å². The van der Waals surface area contributed by atoms with Crippen LogP contribution in [0.1, 0.15) is 67.3 Å². The summed E-state index contributed by atoms with van der Waals surface area (Å²) in [7, 11) is 0.